The molecule has 1 amide bonds. The molecule has 1 aliphatic rings. The number of nitrogens with zero attached hydrogens (tertiary/aromatic N) is 5. The predicted octanol–water partition coefficient (Wildman–Crippen LogP) is 6.00. The van der Waals surface area contributed by atoms with Crippen LogP contribution in [0, 0.1) is 12.8 Å². The highest BCUT2D eigenvalue weighted by Gasteiger charge is 2.26. The molecule has 1 saturated heterocycles. The van der Waals surface area contributed by atoms with Gasteiger partial charge in [0.2, 0.25) is 0 Å². The van der Waals surface area contributed by atoms with Crippen LogP contribution in [0.5, 0.6) is 5.75 Å². The number of fused-ring (bicyclic) bond motifs is 1. The van der Waals surface area contributed by atoms with E-state index in [9.17, 15) is 13.6 Å². The zero-order valence-electron chi connectivity index (χ0n) is 24.0. The first-order chi connectivity index (χ1) is 19.6. The van der Waals surface area contributed by atoms with E-state index in [-0.39, 0.29) is 11.7 Å². The lowest BCUT2D eigenvalue weighted by Gasteiger charge is -2.34. The van der Waals surface area contributed by atoms with Crippen molar-refractivity contribution in [3.8, 4) is 17.0 Å². The largest absolute Gasteiger partial charge is 0.435 e. The molecule has 2 aromatic carbocycles. The molecule has 41 heavy (non-hydrogen) atoms. The van der Waals surface area contributed by atoms with E-state index in [1.807, 2.05) is 34.4 Å². The zero-order chi connectivity index (χ0) is 29.1. The quantitative estimate of drug-likeness (QED) is 0.253. The molecule has 0 spiro atoms. The van der Waals surface area contributed by atoms with Crippen LogP contribution in [0.3, 0.4) is 0 Å². The third kappa shape index (κ3) is 6.82. The van der Waals surface area contributed by atoms with Crippen molar-refractivity contribution in [1.82, 2.24) is 19.3 Å². The Hall–Kier alpha value is -4.05. The lowest BCUT2D eigenvalue weighted by atomic mass is 9.92. The Balaban J connectivity index is 1.26. The van der Waals surface area contributed by atoms with E-state index in [0.29, 0.717) is 22.9 Å². The average Bonchev–Trinajstić information content (AvgIpc) is 3.37. The van der Waals surface area contributed by atoms with E-state index in [0.717, 1.165) is 59.5 Å². The number of nitrogens with one attached hydrogen (secondary N) is 1. The van der Waals surface area contributed by atoms with Gasteiger partial charge in [0.1, 0.15) is 5.75 Å². The van der Waals surface area contributed by atoms with Crippen LogP contribution in [-0.4, -0.2) is 77.0 Å². The van der Waals surface area contributed by atoms with E-state index in [1.54, 1.807) is 30.7 Å². The van der Waals surface area contributed by atoms with Crippen molar-refractivity contribution in [3.05, 3.63) is 72.2 Å². The summed E-state index contributed by atoms with van der Waals surface area (Å²) in [6.45, 7) is 1.84. The summed E-state index contributed by atoms with van der Waals surface area (Å²) in [6, 6.07) is 12.2. The van der Waals surface area contributed by atoms with Gasteiger partial charge >= 0.3 is 6.61 Å². The standard InChI is InChI=1S/C31H36F2N6O2/c1-21-19-24(7-10-26(21)30(40)37-15-11-22(12-16-37)13-18-39(2,3)4)36-28-29-35-20-27(38(29)17-14-34-28)23-5-8-25(9-6-23)41-31(32)33/h5-10,14,17,19-20,22,31H,11-13,15-16,18H2,1-4H3/p+1. The lowest BCUT2D eigenvalue weighted by Crippen LogP contribution is -2.41. The van der Waals surface area contributed by atoms with Crippen LogP contribution in [0.15, 0.2) is 61.1 Å². The van der Waals surface area contributed by atoms with E-state index in [2.05, 4.69) is 41.2 Å². The summed E-state index contributed by atoms with van der Waals surface area (Å²) in [5.74, 6) is 1.42. The number of aryl methyl sites for hydroxylation is 1. The fraction of sp³-hybridized carbons (Fsp3) is 0.387. The fourth-order valence-electron chi connectivity index (χ4n) is 5.31. The molecule has 10 heteroatoms. The second-order valence-electron chi connectivity index (χ2n) is 11.7. The highest BCUT2D eigenvalue weighted by molar-refractivity contribution is 5.96. The topological polar surface area (TPSA) is 71.8 Å². The molecule has 1 fully saturated rings. The maximum Gasteiger partial charge on any atom is 0.387 e. The molecule has 0 atom stereocenters. The normalized spacial score (nSPS) is 14.6. The van der Waals surface area contributed by atoms with Crippen molar-refractivity contribution in [2.45, 2.75) is 32.8 Å². The number of likely N-dealkylation sites (tertiary alicyclic amines) is 1. The van der Waals surface area contributed by atoms with Gasteiger partial charge in [0.15, 0.2) is 11.5 Å². The Labute approximate surface area is 239 Å². The van der Waals surface area contributed by atoms with E-state index < -0.39 is 6.61 Å². The van der Waals surface area contributed by atoms with E-state index in [4.69, 9.17) is 0 Å². The van der Waals surface area contributed by atoms with Gasteiger partial charge in [-0.1, -0.05) is 0 Å². The average molecular weight is 564 g/mol. The number of hydrogen-bond acceptors (Lipinski definition) is 5. The smallest absolute Gasteiger partial charge is 0.387 e. The van der Waals surface area contributed by atoms with Gasteiger partial charge < -0.3 is 19.4 Å². The summed E-state index contributed by atoms with van der Waals surface area (Å²) in [4.78, 5) is 24.3. The first-order valence-corrected chi connectivity index (χ1v) is 13.9. The molecule has 0 saturated carbocycles. The summed E-state index contributed by atoms with van der Waals surface area (Å²) < 4.78 is 32.3. The Bertz CT molecular complexity index is 1510. The van der Waals surface area contributed by atoms with Crippen molar-refractivity contribution < 1.29 is 22.8 Å². The molecular weight excluding hydrogens is 526 g/mol. The molecule has 1 aliphatic heterocycles. The number of hydrogen-bond donors (Lipinski definition) is 1. The van der Waals surface area contributed by atoms with Gasteiger partial charge in [0.25, 0.3) is 5.91 Å². The number of carbonyl (C=O) groups is 1. The highest BCUT2D eigenvalue weighted by Crippen LogP contribution is 2.29. The van der Waals surface area contributed by atoms with Crippen LogP contribution in [0.1, 0.15) is 35.2 Å². The Kier molecular flexibility index (Phi) is 8.21. The van der Waals surface area contributed by atoms with Crippen LogP contribution < -0.4 is 10.1 Å². The first kappa shape index (κ1) is 28.5. The SMILES string of the molecule is Cc1cc(Nc2nccn3c(-c4ccc(OC(F)F)cc4)cnc23)ccc1C(=O)N1CCC(CC[N+](C)(C)C)CC1. The number of imidazole rings is 1. The Morgan fingerprint density at radius 3 is 2.49 bits per heavy atom. The molecule has 216 valence electrons. The van der Waals surface area contributed by atoms with Gasteiger partial charge in [-0.05, 0) is 80.1 Å². The van der Waals surface area contributed by atoms with Crippen LogP contribution in [0.2, 0.25) is 0 Å². The molecule has 0 aliphatic carbocycles. The second kappa shape index (κ2) is 11.8. The molecule has 3 heterocycles. The summed E-state index contributed by atoms with van der Waals surface area (Å²) in [5.41, 5.74) is 4.61. The molecule has 8 nitrogen and oxygen atoms in total. The number of carbonyl (C=O) groups excluding carboxylic acids is 1. The molecular formula is C31H37F2N6O2+. The van der Waals surface area contributed by atoms with E-state index >= 15 is 0 Å². The third-order valence-corrected chi connectivity index (χ3v) is 7.63. The molecule has 0 unspecified atom stereocenters. The van der Waals surface area contributed by atoms with Gasteiger partial charge in [0.05, 0.1) is 39.6 Å². The summed E-state index contributed by atoms with van der Waals surface area (Å²) in [7, 11) is 6.67. The van der Waals surface area contributed by atoms with Gasteiger partial charge in [-0.25, -0.2) is 9.97 Å². The minimum Gasteiger partial charge on any atom is -0.435 e. The van der Waals surface area contributed by atoms with Crippen molar-refractivity contribution >= 4 is 23.1 Å². The number of aromatic nitrogens is 3. The molecule has 1 N–H and O–H groups in total. The van der Waals surface area contributed by atoms with Crippen LogP contribution >= 0.6 is 0 Å². The maximum absolute atomic E-state index is 13.3. The molecule has 5 rings (SSSR count). The fourth-order valence-corrected chi connectivity index (χ4v) is 5.31. The van der Waals surface area contributed by atoms with E-state index in [1.165, 1.54) is 18.6 Å². The number of rotatable bonds is 9. The Morgan fingerprint density at radius 1 is 1.10 bits per heavy atom. The summed E-state index contributed by atoms with van der Waals surface area (Å²) in [5, 5.41) is 3.34. The summed E-state index contributed by atoms with van der Waals surface area (Å²) >= 11 is 0. The number of quaternary nitrogens is 1. The number of ether oxygens (including phenoxy) is 1. The Morgan fingerprint density at radius 2 is 1.83 bits per heavy atom. The minimum atomic E-state index is -2.87. The maximum atomic E-state index is 13.3. The van der Waals surface area contributed by atoms with Crippen molar-refractivity contribution in [1.29, 1.82) is 0 Å². The van der Waals surface area contributed by atoms with Crippen molar-refractivity contribution in [2.75, 3.05) is 46.1 Å². The minimum absolute atomic E-state index is 0.0854. The highest BCUT2D eigenvalue weighted by atomic mass is 19.3. The van der Waals surface area contributed by atoms with Gasteiger partial charge in [-0.2, -0.15) is 8.78 Å². The predicted molar refractivity (Wildman–Crippen MR) is 156 cm³/mol. The molecule has 0 radical (unpaired) electrons. The monoisotopic (exact) mass is 563 g/mol. The second-order valence-corrected chi connectivity index (χ2v) is 11.7. The number of amides is 1. The van der Waals surface area contributed by atoms with Crippen molar-refractivity contribution in [2.24, 2.45) is 5.92 Å². The van der Waals surface area contributed by atoms with Gasteiger partial charge in [0, 0.05) is 42.3 Å². The van der Waals surface area contributed by atoms with Crippen LogP contribution in [-0.2, 0) is 0 Å². The molecule has 0 bridgehead atoms. The molecule has 2 aromatic heterocycles. The number of benzene rings is 2. The number of anilines is 2. The summed E-state index contributed by atoms with van der Waals surface area (Å²) in [6.07, 6.45) is 8.49. The third-order valence-electron chi connectivity index (χ3n) is 7.63. The first-order valence-electron chi connectivity index (χ1n) is 13.9. The number of piperidine rings is 1. The van der Waals surface area contributed by atoms with Crippen LogP contribution in [0.4, 0.5) is 20.3 Å². The van der Waals surface area contributed by atoms with Crippen molar-refractivity contribution in [3.63, 3.8) is 0 Å². The van der Waals surface area contributed by atoms with Crippen LogP contribution in [0.25, 0.3) is 16.9 Å². The lowest BCUT2D eigenvalue weighted by molar-refractivity contribution is -0.871. The molecule has 4 aromatic rings. The zero-order valence-corrected chi connectivity index (χ0v) is 24.0. The number of alkyl halides is 2. The van der Waals surface area contributed by atoms with Gasteiger partial charge in [-0.3, -0.25) is 9.20 Å². The van der Waals surface area contributed by atoms with Gasteiger partial charge in [-0.15, -0.1) is 0 Å². The number of halogens is 2.